The molecule has 21 heavy (non-hydrogen) atoms. The van der Waals surface area contributed by atoms with Gasteiger partial charge in [-0.25, -0.2) is 0 Å². The number of fused-ring (bicyclic) bond motifs is 1. The molecule has 1 aliphatic heterocycles. The lowest BCUT2D eigenvalue weighted by atomic mass is 9.91. The lowest BCUT2D eigenvalue weighted by Crippen LogP contribution is -2.41. The molecule has 3 rings (SSSR count). The fraction of sp³-hybridized carbons (Fsp3) is 0.562. The molecule has 0 aromatic heterocycles. The van der Waals surface area contributed by atoms with Gasteiger partial charge in [0.1, 0.15) is 13.2 Å². The van der Waals surface area contributed by atoms with Crippen LogP contribution in [0.5, 0.6) is 11.5 Å². The van der Waals surface area contributed by atoms with Crippen LogP contribution in [0.25, 0.3) is 0 Å². The largest absolute Gasteiger partial charge is 0.486 e. The summed E-state index contributed by atoms with van der Waals surface area (Å²) >= 11 is 0. The van der Waals surface area contributed by atoms with Gasteiger partial charge in [-0.2, -0.15) is 0 Å². The Balaban J connectivity index is 1.60. The minimum atomic E-state index is -0.0279. The Morgan fingerprint density at radius 3 is 2.43 bits per heavy atom. The maximum atomic E-state index is 12.3. The van der Waals surface area contributed by atoms with E-state index in [0.29, 0.717) is 36.3 Å². The van der Waals surface area contributed by atoms with Gasteiger partial charge < -0.3 is 20.1 Å². The number of hydrogen-bond acceptors (Lipinski definition) is 4. The number of amides is 1. The highest BCUT2D eigenvalue weighted by Crippen LogP contribution is 2.30. The Kier molecular flexibility index (Phi) is 4.29. The average molecular weight is 290 g/mol. The first-order valence-electron chi connectivity index (χ1n) is 7.64. The third-order valence-electron chi connectivity index (χ3n) is 4.28. The zero-order valence-electron chi connectivity index (χ0n) is 12.4. The van der Waals surface area contributed by atoms with Crippen molar-refractivity contribution < 1.29 is 14.3 Å². The first-order valence-corrected chi connectivity index (χ1v) is 7.64. The van der Waals surface area contributed by atoms with E-state index < -0.39 is 0 Å². The van der Waals surface area contributed by atoms with Crippen LogP contribution in [-0.4, -0.2) is 38.3 Å². The van der Waals surface area contributed by atoms with Gasteiger partial charge in [-0.1, -0.05) is 0 Å². The van der Waals surface area contributed by atoms with Gasteiger partial charge in [0.15, 0.2) is 11.5 Å². The SMILES string of the molecule is CNC1CCC(NC(=O)c2ccc3c(c2)OCCO3)CC1. The van der Waals surface area contributed by atoms with Gasteiger partial charge in [0.2, 0.25) is 0 Å². The Morgan fingerprint density at radius 1 is 1.05 bits per heavy atom. The predicted octanol–water partition coefficient (Wildman–Crippen LogP) is 1.72. The quantitative estimate of drug-likeness (QED) is 0.890. The summed E-state index contributed by atoms with van der Waals surface area (Å²) in [5.41, 5.74) is 0.634. The van der Waals surface area contributed by atoms with Crippen molar-refractivity contribution in [3.63, 3.8) is 0 Å². The molecule has 0 atom stereocenters. The van der Waals surface area contributed by atoms with Gasteiger partial charge in [0.05, 0.1) is 0 Å². The highest BCUT2D eigenvalue weighted by molar-refractivity contribution is 5.95. The molecule has 5 heteroatoms. The number of rotatable bonds is 3. The number of carbonyl (C=O) groups excluding carboxylic acids is 1. The Bertz CT molecular complexity index is 510. The summed E-state index contributed by atoms with van der Waals surface area (Å²) < 4.78 is 11.0. The molecule has 2 N–H and O–H groups in total. The second-order valence-corrected chi connectivity index (χ2v) is 5.67. The first-order chi connectivity index (χ1) is 10.3. The first kappa shape index (κ1) is 14.2. The van der Waals surface area contributed by atoms with E-state index in [4.69, 9.17) is 9.47 Å². The molecule has 0 saturated heterocycles. The minimum Gasteiger partial charge on any atom is -0.486 e. The van der Waals surface area contributed by atoms with Crippen LogP contribution in [0.1, 0.15) is 36.0 Å². The third-order valence-corrected chi connectivity index (χ3v) is 4.28. The van der Waals surface area contributed by atoms with Gasteiger partial charge in [-0.15, -0.1) is 0 Å². The second kappa shape index (κ2) is 6.35. The molecule has 5 nitrogen and oxygen atoms in total. The molecule has 0 radical (unpaired) electrons. The van der Waals surface area contributed by atoms with Crippen LogP contribution >= 0.6 is 0 Å². The molecule has 1 heterocycles. The van der Waals surface area contributed by atoms with Crippen molar-refractivity contribution in [2.45, 2.75) is 37.8 Å². The lowest BCUT2D eigenvalue weighted by molar-refractivity contribution is 0.0923. The van der Waals surface area contributed by atoms with E-state index in [9.17, 15) is 4.79 Å². The Hall–Kier alpha value is -1.75. The molecule has 0 spiro atoms. The van der Waals surface area contributed by atoms with Crippen LogP contribution in [0.3, 0.4) is 0 Å². The van der Waals surface area contributed by atoms with E-state index in [-0.39, 0.29) is 11.9 Å². The molecule has 1 aliphatic carbocycles. The van der Waals surface area contributed by atoms with Crippen molar-refractivity contribution in [3.8, 4) is 11.5 Å². The topological polar surface area (TPSA) is 59.6 Å². The molecule has 1 fully saturated rings. The summed E-state index contributed by atoms with van der Waals surface area (Å²) in [6.07, 6.45) is 4.29. The monoisotopic (exact) mass is 290 g/mol. The van der Waals surface area contributed by atoms with Crippen LogP contribution in [0, 0.1) is 0 Å². The van der Waals surface area contributed by atoms with Crippen LogP contribution in [-0.2, 0) is 0 Å². The summed E-state index contributed by atoms with van der Waals surface area (Å²) in [6, 6.07) is 6.23. The van der Waals surface area contributed by atoms with Crippen molar-refractivity contribution in [1.29, 1.82) is 0 Å². The molecule has 114 valence electrons. The van der Waals surface area contributed by atoms with Gasteiger partial charge >= 0.3 is 0 Å². The van der Waals surface area contributed by atoms with Crippen LogP contribution in [0.2, 0.25) is 0 Å². The smallest absolute Gasteiger partial charge is 0.251 e. The van der Waals surface area contributed by atoms with E-state index in [1.54, 1.807) is 18.2 Å². The van der Waals surface area contributed by atoms with Crippen LogP contribution in [0.15, 0.2) is 18.2 Å². The van der Waals surface area contributed by atoms with E-state index in [2.05, 4.69) is 10.6 Å². The summed E-state index contributed by atoms with van der Waals surface area (Å²) in [6.45, 7) is 1.10. The Morgan fingerprint density at radius 2 is 1.71 bits per heavy atom. The zero-order valence-corrected chi connectivity index (χ0v) is 12.4. The maximum Gasteiger partial charge on any atom is 0.251 e. The maximum absolute atomic E-state index is 12.3. The number of benzene rings is 1. The van der Waals surface area contributed by atoms with Gasteiger partial charge in [0, 0.05) is 17.6 Å². The molecular weight excluding hydrogens is 268 g/mol. The van der Waals surface area contributed by atoms with Gasteiger partial charge in [-0.3, -0.25) is 4.79 Å². The highest BCUT2D eigenvalue weighted by atomic mass is 16.6. The number of ether oxygens (including phenoxy) is 2. The molecule has 1 amide bonds. The van der Waals surface area contributed by atoms with E-state index in [1.807, 2.05) is 7.05 Å². The fourth-order valence-electron chi connectivity index (χ4n) is 2.98. The summed E-state index contributed by atoms with van der Waals surface area (Å²) in [4.78, 5) is 12.3. The summed E-state index contributed by atoms with van der Waals surface area (Å²) in [7, 11) is 2.00. The summed E-state index contributed by atoms with van der Waals surface area (Å²) in [5, 5.41) is 6.42. The lowest BCUT2D eigenvalue weighted by Gasteiger charge is -2.29. The zero-order chi connectivity index (χ0) is 14.7. The number of carbonyl (C=O) groups is 1. The molecule has 1 aromatic carbocycles. The van der Waals surface area contributed by atoms with Crippen molar-refractivity contribution >= 4 is 5.91 Å². The predicted molar refractivity (Wildman–Crippen MR) is 80.0 cm³/mol. The number of hydrogen-bond donors (Lipinski definition) is 2. The highest BCUT2D eigenvalue weighted by Gasteiger charge is 2.22. The number of nitrogens with one attached hydrogen (secondary N) is 2. The molecule has 1 saturated carbocycles. The molecule has 1 aromatic rings. The molecule has 0 unspecified atom stereocenters. The van der Waals surface area contributed by atoms with Crippen molar-refractivity contribution in [3.05, 3.63) is 23.8 Å². The normalized spacial score (nSPS) is 24.4. The van der Waals surface area contributed by atoms with E-state index in [0.717, 1.165) is 25.7 Å². The van der Waals surface area contributed by atoms with E-state index in [1.165, 1.54) is 0 Å². The van der Waals surface area contributed by atoms with Crippen LogP contribution < -0.4 is 20.1 Å². The molecule has 2 aliphatic rings. The third kappa shape index (κ3) is 3.29. The second-order valence-electron chi connectivity index (χ2n) is 5.67. The van der Waals surface area contributed by atoms with Crippen molar-refractivity contribution in [1.82, 2.24) is 10.6 Å². The molecular formula is C16H22N2O3. The summed E-state index contributed by atoms with van der Waals surface area (Å²) in [5.74, 6) is 1.35. The van der Waals surface area contributed by atoms with Gasteiger partial charge in [-0.05, 0) is 50.9 Å². The van der Waals surface area contributed by atoms with Crippen molar-refractivity contribution in [2.24, 2.45) is 0 Å². The van der Waals surface area contributed by atoms with Gasteiger partial charge in [0.25, 0.3) is 5.91 Å². The standard InChI is InChI=1S/C16H22N2O3/c1-17-12-3-5-13(6-4-12)18-16(19)11-2-7-14-15(10-11)21-9-8-20-14/h2,7,10,12-13,17H,3-6,8-9H2,1H3,(H,18,19). The van der Waals surface area contributed by atoms with Crippen LogP contribution in [0.4, 0.5) is 0 Å². The molecule has 0 bridgehead atoms. The van der Waals surface area contributed by atoms with Crippen molar-refractivity contribution in [2.75, 3.05) is 20.3 Å². The average Bonchev–Trinajstić information content (AvgIpc) is 2.55. The minimum absolute atomic E-state index is 0.0279. The fourth-order valence-corrected chi connectivity index (χ4v) is 2.98. The Labute approximate surface area is 125 Å². The van der Waals surface area contributed by atoms with E-state index >= 15 is 0 Å².